The molecule has 12 heteroatoms. The number of hydrogen-bond donors (Lipinski definition) is 2. The van der Waals surface area contributed by atoms with Crippen LogP contribution in [0.15, 0.2) is 46.6 Å². The normalized spacial score (nSPS) is 30.3. The van der Waals surface area contributed by atoms with E-state index in [1.165, 1.54) is 24.3 Å². The van der Waals surface area contributed by atoms with Crippen LogP contribution in [-0.4, -0.2) is 81.9 Å². The third kappa shape index (κ3) is 3.40. The Morgan fingerprint density at radius 1 is 0.568 bits per heavy atom. The van der Waals surface area contributed by atoms with Gasteiger partial charge < -0.3 is 29.2 Å². The van der Waals surface area contributed by atoms with Crippen LogP contribution in [0, 0.1) is 0 Å². The Morgan fingerprint density at radius 2 is 0.955 bits per heavy atom. The van der Waals surface area contributed by atoms with Gasteiger partial charge in [0.1, 0.15) is 23.7 Å². The number of carbonyl (C=O) groups is 6. The lowest BCUT2D eigenvalue weighted by Crippen LogP contribution is -2.44. The number of ether oxygens (including phenoxy) is 4. The third-order valence-electron chi connectivity index (χ3n) is 9.14. The van der Waals surface area contributed by atoms with Crippen molar-refractivity contribution in [1.29, 1.82) is 0 Å². The van der Waals surface area contributed by atoms with Gasteiger partial charge in [-0.2, -0.15) is 0 Å². The molecule has 6 aliphatic rings. The highest BCUT2D eigenvalue weighted by molar-refractivity contribution is 6.30. The van der Waals surface area contributed by atoms with Crippen molar-refractivity contribution in [1.82, 2.24) is 0 Å². The predicted octanol–water partition coefficient (Wildman–Crippen LogP) is 2.32. The van der Waals surface area contributed by atoms with E-state index >= 15 is 0 Å². The van der Waals surface area contributed by atoms with Gasteiger partial charge >= 0.3 is 11.9 Å². The highest BCUT2D eigenvalue weighted by Crippen LogP contribution is 2.46. The monoisotopic (exact) mass is 598 g/mol. The zero-order valence-electron chi connectivity index (χ0n) is 23.2. The molecule has 0 amide bonds. The van der Waals surface area contributed by atoms with Crippen molar-refractivity contribution < 1.29 is 57.9 Å². The van der Waals surface area contributed by atoms with Crippen LogP contribution >= 0.6 is 0 Å². The number of fused-ring (bicyclic) bond motifs is 6. The lowest BCUT2D eigenvalue weighted by atomic mass is 9.75. The highest BCUT2D eigenvalue weighted by atomic mass is 16.6. The van der Waals surface area contributed by atoms with Crippen LogP contribution in [0.3, 0.4) is 0 Å². The summed E-state index contributed by atoms with van der Waals surface area (Å²) in [6.45, 7) is 3.18. The van der Waals surface area contributed by atoms with Crippen LogP contribution in [0.2, 0.25) is 0 Å². The average molecular weight is 599 g/mol. The molecule has 6 atom stereocenters. The van der Waals surface area contributed by atoms with Gasteiger partial charge in [0.2, 0.25) is 0 Å². The number of phenols is 2. The Hall–Kier alpha value is -4.94. The van der Waals surface area contributed by atoms with Crippen molar-refractivity contribution in [2.24, 2.45) is 0 Å². The Labute approximate surface area is 247 Å². The van der Waals surface area contributed by atoms with Gasteiger partial charge in [0.25, 0.3) is 0 Å². The van der Waals surface area contributed by atoms with Crippen LogP contribution in [0.1, 0.15) is 68.1 Å². The fourth-order valence-electron chi connectivity index (χ4n) is 7.31. The summed E-state index contributed by atoms with van der Waals surface area (Å²) in [7, 11) is 0. The number of hydrogen-bond acceptors (Lipinski definition) is 12. The molecule has 0 saturated carbocycles. The van der Waals surface area contributed by atoms with Crippen LogP contribution in [-0.2, 0) is 28.5 Å². The lowest BCUT2D eigenvalue weighted by molar-refractivity contribution is -0.141. The second-order valence-corrected chi connectivity index (χ2v) is 11.7. The maximum atomic E-state index is 13.8. The summed E-state index contributed by atoms with van der Waals surface area (Å²) in [4.78, 5) is 78.8. The minimum absolute atomic E-state index is 0.0150. The Bertz CT molecular complexity index is 1770. The van der Waals surface area contributed by atoms with Crippen LogP contribution in [0.5, 0.6) is 11.5 Å². The Balaban J connectivity index is 1.23. The number of carbonyl (C=O) groups excluding carboxylic acids is 6. The van der Waals surface area contributed by atoms with Crippen molar-refractivity contribution in [2.75, 3.05) is 0 Å². The third-order valence-corrected chi connectivity index (χ3v) is 9.14. The standard InChI is InChI=1S/C32H22O12/c1-9-21-25(31-17(41-9)7-19(35)43-31)29(39)23-13(27(21)37)3-11(5-15(23)33)12-4-14-24(16(34)6-12)30(40)26-22(28(14)38)10(2)42-18-8-20(36)44-32(18)26/h3-6,9-10,17-18,31-34H,7-8H2,1-2H3/t9-,10-,17-,18-,31+,32+/m0/s1. The van der Waals surface area contributed by atoms with Gasteiger partial charge in [-0.25, -0.2) is 0 Å². The van der Waals surface area contributed by atoms with Gasteiger partial charge in [0.05, 0.1) is 47.3 Å². The molecule has 2 fully saturated rings. The van der Waals surface area contributed by atoms with Crippen molar-refractivity contribution in [3.05, 3.63) is 68.8 Å². The van der Waals surface area contributed by atoms with E-state index in [2.05, 4.69) is 0 Å². The Morgan fingerprint density at radius 3 is 1.34 bits per heavy atom. The molecular formula is C32H22O12. The van der Waals surface area contributed by atoms with Gasteiger partial charge in [-0.15, -0.1) is 0 Å². The molecule has 0 aromatic heterocycles. The van der Waals surface area contributed by atoms with Gasteiger partial charge in [0, 0.05) is 22.3 Å². The maximum absolute atomic E-state index is 13.8. The minimum Gasteiger partial charge on any atom is -0.507 e. The SMILES string of the molecule is C[C@@H]1O[C@H]2CC(=O)O[C@H]2C2=C1C(=O)c1cc(-c3cc(O)c4c(c3)C(=O)C3=C(C4=O)[C@@H]4OC(=O)C[C@@H]4O[C@H]3C)cc(O)c1C2=O. The van der Waals surface area contributed by atoms with E-state index in [-0.39, 0.29) is 68.5 Å². The molecule has 12 nitrogen and oxygen atoms in total. The minimum atomic E-state index is -1.06. The number of phenolic OH excluding ortho intramolecular Hbond substituents is 2. The van der Waals surface area contributed by atoms with Crippen LogP contribution in [0.4, 0.5) is 0 Å². The van der Waals surface area contributed by atoms with Gasteiger partial charge in [-0.1, -0.05) is 0 Å². The van der Waals surface area contributed by atoms with E-state index in [0.29, 0.717) is 0 Å². The summed E-state index contributed by atoms with van der Waals surface area (Å²) in [5, 5.41) is 22.1. The second kappa shape index (κ2) is 8.80. The molecule has 2 aliphatic carbocycles. The summed E-state index contributed by atoms with van der Waals surface area (Å²) in [6.07, 6.45) is -5.36. The summed E-state index contributed by atoms with van der Waals surface area (Å²) >= 11 is 0. The van der Waals surface area contributed by atoms with Crippen molar-refractivity contribution in [3.63, 3.8) is 0 Å². The molecule has 222 valence electrons. The molecule has 2 N–H and O–H groups in total. The van der Waals surface area contributed by atoms with E-state index < -0.39 is 83.2 Å². The Kier molecular flexibility index (Phi) is 5.34. The fraction of sp³-hybridized carbons (Fsp3) is 0.312. The van der Waals surface area contributed by atoms with Gasteiger partial charge in [-0.3, -0.25) is 28.8 Å². The molecule has 2 aromatic carbocycles. The second-order valence-electron chi connectivity index (χ2n) is 11.7. The summed E-state index contributed by atoms with van der Waals surface area (Å²) < 4.78 is 22.3. The topological polar surface area (TPSA) is 180 Å². The first-order valence-corrected chi connectivity index (χ1v) is 14.1. The summed E-state index contributed by atoms with van der Waals surface area (Å²) in [5.74, 6) is -4.71. The highest BCUT2D eigenvalue weighted by Gasteiger charge is 2.53. The first-order chi connectivity index (χ1) is 20.9. The molecule has 8 rings (SSSR count). The largest absolute Gasteiger partial charge is 0.507 e. The molecular weight excluding hydrogens is 576 g/mol. The molecule has 0 unspecified atom stereocenters. The zero-order chi connectivity index (χ0) is 30.9. The van der Waals surface area contributed by atoms with E-state index in [4.69, 9.17) is 18.9 Å². The number of rotatable bonds is 1. The lowest BCUT2D eigenvalue weighted by Gasteiger charge is -2.35. The molecule has 44 heavy (non-hydrogen) atoms. The average Bonchev–Trinajstić information content (AvgIpc) is 3.52. The smallest absolute Gasteiger partial charge is 0.309 e. The number of ketones is 4. The molecule has 0 bridgehead atoms. The van der Waals surface area contributed by atoms with Crippen LogP contribution < -0.4 is 0 Å². The van der Waals surface area contributed by atoms with Gasteiger partial charge in [0.15, 0.2) is 35.3 Å². The van der Waals surface area contributed by atoms with E-state index in [9.17, 15) is 39.0 Å². The van der Waals surface area contributed by atoms with Crippen molar-refractivity contribution >= 4 is 35.1 Å². The van der Waals surface area contributed by atoms with E-state index in [0.717, 1.165) is 0 Å². The molecule has 4 heterocycles. The molecule has 0 radical (unpaired) electrons. The predicted molar refractivity (Wildman–Crippen MR) is 144 cm³/mol. The van der Waals surface area contributed by atoms with Gasteiger partial charge in [-0.05, 0) is 49.2 Å². The number of aromatic hydroxyl groups is 2. The van der Waals surface area contributed by atoms with E-state index in [1.807, 2.05) is 0 Å². The van der Waals surface area contributed by atoms with E-state index in [1.54, 1.807) is 13.8 Å². The summed E-state index contributed by atoms with van der Waals surface area (Å²) in [6, 6.07) is 5.14. The van der Waals surface area contributed by atoms with Crippen molar-refractivity contribution in [3.8, 4) is 22.6 Å². The first-order valence-electron chi connectivity index (χ1n) is 14.1. The summed E-state index contributed by atoms with van der Waals surface area (Å²) in [5.41, 5.74) is -0.395. The van der Waals surface area contributed by atoms with Crippen molar-refractivity contribution in [2.45, 2.75) is 63.3 Å². The molecule has 0 spiro atoms. The molecule has 4 aliphatic heterocycles. The number of esters is 2. The maximum Gasteiger partial charge on any atom is 0.309 e. The number of Topliss-reactive ketones (excluding diaryl/α,β-unsaturated/α-hetero) is 4. The fourth-order valence-corrected chi connectivity index (χ4v) is 7.31. The first kappa shape index (κ1) is 26.7. The molecule has 2 saturated heterocycles. The van der Waals surface area contributed by atoms with Crippen LogP contribution in [0.25, 0.3) is 11.1 Å². The molecule has 2 aromatic rings. The number of benzene rings is 2. The quantitative estimate of drug-likeness (QED) is 0.458. The zero-order valence-corrected chi connectivity index (χ0v) is 23.2.